The van der Waals surface area contributed by atoms with E-state index in [1.807, 2.05) is 32.0 Å². The number of anilines is 1. The fourth-order valence-corrected chi connectivity index (χ4v) is 1.95. The molecule has 0 aromatic heterocycles. The summed E-state index contributed by atoms with van der Waals surface area (Å²) in [5, 5.41) is 2.87. The summed E-state index contributed by atoms with van der Waals surface area (Å²) in [6.07, 6.45) is 0.871. The first-order valence-corrected chi connectivity index (χ1v) is 6.70. The lowest BCUT2D eigenvalue weighted by Crippen LogP contribution is -2.34. The maximum atomic E-state index is 12.0. The molecule has 1 aromatic carbocycles. The summed E-state index contributed by atoms with van der Waals surface area (Å²) in [6, 6.07) is 5.37. The van der Waals surface area contributed by atoms with Gasteiger partial charge in [0.2, 0.25) is 0 Å². The number of ether oxygens (including phenoxy) is 2. The van der Waals surface area contributed by atoms with Gasteiger partial charge in [0, 0.05) is 31.3 Å². The lowest BCUT2D eigenvalue weighted by atomic mass is 10.2. The van der Waals surface area contributed by atoms with E-state index in [0.29, 0.717) is 32.1 Å². The zero-order valence-electron chi connectivity index (χ0n) is 11.4. The third kappa shape index (κ3) is 3.30. The van der Waals surface area contributed by atoms with Crippen molar-refractivity contribution in [2.24, 2.45) is 0 Å². The molecule has 2 amide bonds. The first kappa shape index (κ1) is 13.5. The normalized spacial score (nSPS) is 13.6. The Morgan fingerprint density at radius 2 is 1.89 bits per heavy atom. The second kappa shape index (κ2) is 6.31. The van der Waals surface area contributed by atoms with E-state index >= 15 is 0 Å². The molecule has 5 nitrogen and oxygen atoms in total. The minimum atomic E-state index is -0.0977. The highest BCUT2D eigenvalue weighted by Crippen LogP contribution is 2.32. The molecule has 0 radical (unpaired) electrons. The average Bonchev–Trinajstić information content (AvgIpc) is 2.64. The molecule has 1 aliphatic rings. The van der Waals surface area contributed by atoms with Crippen LogP contribution in [0.3, 0.4) is 0 Å². The third-order valence-electron chi connectivity index (χ3n) is 3.05. The molecule has 5 heteroatoms. The fraction of sp³-hybridized carbons (Fsp3) is 0.500. The highest BCUT2D eigenvalue weighted by molar-refractivity contribution is 5.89. The topological polar surface area (TPSA) is 50.8 Å². The Hall–Kier alpha value is -1.91. The molecule has 0 saturated carbocycles. The number of nitrogens with zero attached hydrogens (tertiary/aromatic N) is 1. The maximum absolute atomic E-state index is 12.0. The van der Waals surface area contributed by atoms with Crippen LogP contribution in [0.4, 0.5) is 10.5 Å². The standard InChI is InChI=1S/C14H20N2O3/c1-3-16(4-2)14(17)15-11-6-7-12-13(10-11)19-9-5-8-18-12/h6-7,10H,3-5,8-9H2,1-2H3,(H,15,17). The van der Waals surface area contributed by atoms with Crippen LogP contribution in [-0.4, -0.2) is 37.2 Å². The molecule has 1 heterocycles. The van der Waals surface area contributed by atoms with Gasteiger partial charge in [0.25, 0.3) is 0 Å². The number of hydrogen-bond acceptors (Lipinski definition) is 3. The van der Waals surface area contributed by atoms with Crippen molar-refractivity contribution in [1.29, 1.82) is 0 Å². The van der Waals surface area contributed by atoms with Crippen LogP contribution >= 0.6 is 0 Å². The van der Waals surface area contributed by atoms with E-state index in [1.165, 1.54) is 0 Å². The Balaban J connectivity index is 2.09. The Kier molecular flexibility index (Phi) is 4.49. The molecule has 0 saturated heterocycles. The molecular weight excluding hydrogens is 244 g/mol. The van der Waals surface area contributed by atoms with Crippen molar-refractivity contribution < 1.29 is 14.3 Å². The zero-order chi connectivity index (χ0) is 13.7. The van der Waals surface area contributed by atoms with Gasteiger partial charge < -0.3 is 19.7 Å². The smallest absolute Gasteiger partial charge is 0.321 e. The molecule has 0 spiro atoms. The van der Waals surface area contributed by atoms with Crippen molar-refractivity contribution >= 4 is 11.7 Å². The first-order valence-electron chi connectivity index (χ1n) is 6.70. The number of rotatable bonds is 3. The van der Waals surface area contributed by atoms with Crippen LogP contribution in [0.2, 0.25) is 0 Å². The summed E-state index contributed by atoms with van der Waals surface area (Å²) < 4.78 is 11.1. The number of fused-ring (bicyclic) bond motifs is 1. The molecule has 104 valence electrons. The number of urea groups is 1. The SMILES string of the molecule is CCN(CC)C(=O)Nc1ccc2c(c1)OCCCO2. The number of amides is 2. The number of carbonyl (C=O) groups is 1. The molecule has 1 N–H and O–H groups in total. The summed E-state index contributed by atoms with van der Waals surface area (Å²) in [5.41, 5.74) is 0.723. The Morgan fingerprint density at radius 3 is 2.58 bits per heavy atom. The Labute approximate surface area is 113 Å². The minimum Gasteiger partial charge on any atom is -0.490 e. The molecule has 0 aliphatic carbocycles. The molecule has 19 heavy (non-hydrogen) atoms. The Morgan fingerprint density at radius 1 is 1.21 bits per heavy atom. The van der Waals surface area contributed by atoms with Gasteiger partial charge in [-0.1, -0.05) is 0 Å². The lowest BCUT2D eigenvalue weighted by molar-refractivity contribution is 0.217. The van der Waals surface area contributed by atoms with Crippen LogP contribution in [0.15, 0.2) is 18.2 Å². The van der Waals surface area contributed by atoms with E-state index in [-0.39, 0.29) is 6.03 Å². The largest absolute Gasteiger partial charge is 0.490 e. The summed E-state index contributed by atoms with van der Waals surface area (Å²) in [6.45, 7) is 6.59. The van der Waals surface area contributed by atoms with Crippen molar-refractivity contribution in [3.05, 3.63) is 18.2 Å². The quantitative estimate of drug-likeness (QED) is 0.913. The van der Waals surface area contributed by atoms with E-state index in [9.17, 15) is 4.79 Å². The van der Waals surface area contributed by atoms with Crippen LogP contribution in [-0.2, 0) is 0 Å². The number of hydrogen-bond donors (Lipinski definition) is 1. The fourth-order valence-electron chi connectivity index (χ4n) is 1.95. The van der Waals surface area contributed by atoms with Crippen LogP contribution < -0.4 is 14.8 Å². The van der Waals surface area contributed by atoms with E-state index < -0.39 is 0 Å². The number of carbonyl (C=O) groups excluding carboxylic acids is 1. The van der Waals surface area contributed by atoms with Crippen molar-refractivity contribution in [3.8, 4) is 11.5 Å². The van der Waals surface area contributed by atoms with Crippen LogP contribution in [0.25, 0.3) is 0 Å². The van der Waals surface area contributed by atoms with Gasteiger partial charge in [-0.05, 0) is 26.0 Å². The van der Waals surface area contributed by atoms with Crippen LogP contribution in [0, 0.1) is 0 Å². The molecule has 0 unspecified atom stereocenters. The maximum Gasteiger partial charge on any atom is 0.321 e. The first-order chi connectivity index (χ1) is 9.24. The highest BCUT2D eigenvalue weighted by atomic mass is 16.5. The molecule has 1 aromatic rings. The van der Waals surface area contributed by atoms with Crippen molar-refractivity contribution in [3.63, 3.8) is 0 Å². The number of nitrogens with one attached hydrogen (secondary N) is 1. The van der Waals surface area contributed by atoms with Gasteiger partial charge in [-0.3, -0.25) is 0 Å². The van der Waals surface area contributed by atoms with Gasteiger partial charge in [-0.15, -0.1) is 0 Å². The predicted molar refractivity (Wildman–Crippen MR) is 74.0 cm³/mol. The van der Waals surface area contributed by atoms with Gasteiger partial charge in [0.1, 0.15) is 0 Å². The van der Waals surface area contributed by atoms with Gasteiger partial charge in [-0.25, -0.2) is 4.79 Å². The third-order valence-corrected chi connectivity index (χ3v) is 3.05. The van der Waals surface area contributed by atoms with E-state index in [1.54, 1.807) is 4.90 Å². The molecule has 0 fully saturated rings. The van der Waals surface area contributed by atoms with E-state index in [4.69, 9.17) is 9.47 Å². The van der Waals surface area contributed by atoms with Gasteiger partial charge in [0.15, 0.2) is 11.5 Å². The zero-order valence-corrected chi connectivity index (χ0v) is 11.4. The molecule has 0 bridgehead atoms. The highest BCUT2D eigenvalue weighted by Gasteiger charge is 2.13. The van der Waals surface area contributed by atoms with Crippen molar-refractivity contribution in [2.45, 2.75) is 20.3 Å². The minimum absolute atomic E-state index is 0.0977. The molecule has 2 rings (SSSR count). The molecule has 0 atom stereocenters. The summed E-state index contributed by atoms with van der Waals surface area (Å²) >= 11 is 0. The molecule has 1 aliphatic heterocycles. The second-order valence-corrected chi connectivity index (χ2v) is 4.31. The lowest BCUT2D eigenvalue weighted by Gasteiger charge is -2.19. The van der Waals surface area contributed by atoms with Crippen molar-refractivity contribution in [1.82, 2.24) is 4.90 Å². The monoisotopic (exact) mass is 264 g/mol. The van der Waals surface area contributed by atoms with Crippen LogP contribution in [0.1, 0.15) is 20.3 Å². The van der Waals surface area contributed by atoms with Crippen molar-refractivity contribution in [2.75, 3.05) is 31.6 Å². The summed E-state index contributed by atoms with van der Waals surface area (Å²) in [4.78, 5) is 13.7. The summed E-state index contributed by atoms with van der Waals surface area (Å²) in [7, 11) is 0. The Bertz CT molecular complexity index is 444. The second-order valence-electron chi connectivity index (χ2n) is 4.31. The van der Waals surface area contributed by atoms with E-state index in [2.05, 4.69) is 5.32 Å². The van der Waals surface area contributed by atoms with Gasteiger partial charge in [0.05, 0.1) is 13.2 Å². The van der Waals surface area contributed by atoms with Crippen LogP contribution in [0.5, 0.6) is 11.5 Å². The number of benzene rings is 1. The average molecular weight is 264 g/mol. The summed E-state index contributed by atoms with van der Waals surface area (Å²) in [5.74, 6) is 1.42. The molecular formula is C14H20N2O3. The van der Waals surface area contributed by atoms with Gasteiger partial charge in [-0.2, -0.15) is 0 Å². The van der Waals surface area contributed by atoms with Gasteiger partial charge >= 0.3 is 6.03 Å². The van der Waals surface area contributed by atoms with E-state index in [0.717, 1.165) is 17.9 Å². The predicted octanol–water partition coefficient (Wildman–Crippen LogP) is 2.72.